The lowest BCUT2D eigenvalue weighted by molar-refractivity contribution is -0.278. The zero-order chi connectivity index (χ0) is 24.9. The number of amides is 1. The number of carbonyl (C=O) groups is 1. The standard InChI is InChI=1S/C22H26F3NO7/c1-4-6-7-11(5-2)10(3)26-21(31)12-8-13(23)16(25)20(15(12)24)33-22-19(30)18(29)17(28)14(9-27)32-22/h4-8,10,14,17-19,22,27-30H,1,9H2,2-3H3,(H,26,31)/b7-6-,11-5+/t10-,14?,17?,18?,19?,22?/m1/s1. The number of nitrogens with one attached hydrogen (secondary N) is 1. The van der Waals surface area contributed by atoms with Gasteiger partial charge in [-0.05, 0) is 25.5 Å². The summed E-state index contributed by atoms with van der Waals surface area (Å²) in [6.07, 6.45) is -2.61. The molecule has 1 fully saturated rings. The Kier molecular flexibility index (Phi) is 9.20. The van der Waals surface area contributed by atoms with Crippen LogP contribution in [0, 0.1) is 17.5 Å². The highest BCUT2D eigenvalue weighted by molar-refractivity contribution is 5.95. The number of aliphatic hydroxyl groups is 4. The van der Waals surface area contributed by atoms with Crippen LogP contribution in [0.3, 0.4) is 0 Å². The van der Waals surface area contributed by atoms with Crippen LogP contribution < -0.4 is 10.1 Å². The van der Waals surface area contributed by atoms with Crippen LogP contribution in [0.1, 0.15) is 24.2 Å². The summed E-state index contributed by atoms with van der Waals surface area (Å²) in [6, 6.07) is -0.289. The maximum Gasteiger partial charge on any atom is 0.254 e. The molecule has 1 aromatic rings. The monoisotopic (exact) mass is 473 g/mol. The number of carbonyl (C=O) groups excluding carboxylic acids is 1. The van der Waals surface area contributed by atoms with E-state index in [0.29, 0.717) is 11.6 Å². The van der Waals surface area contributed by atoms with Crippen molar-refractivity contribution in [3.8, 4) is 5.75 Å². The number of aliphatic hydroxyl groups excluding tert-OH is 4. The number of benzene rings is 1. The first-order valence-electron chi connectivity index (χ1n) is 9.98. The number of hydrogen-bond acceptors (Lipinski definition) is 7. The van der Waals surface area contributed by atoms with Crippen molar-refractivity contribution in [1.29, 1.82) is 0 Å². The summed E-state index contributed by atoms with van der Waals surface area (Å²) in [5.41, 5.74) is -0.257. The van der Waals surface area contributed by atoms with E-state index in [9.17, 15) is 34.0 Å². The third-order valence-corrected chi connectivity index (χ3v) is 5.05. The van der Waals surface area contributed by atoms with Gasteiger partial charge in [0, 0.05) is 0 Å². The van der Waals surface area contributed by atoms with E-state index in [1.165, 1.54) is 6.08 Å². The van der Waals surface area contributed by atoms with Crippen LogP contribution in [-0.4, -0.2) is 69.7 Å². The largest absolute Gasteiger partial charge is 0.456 e. The molecular formula is C22H26F3NO7. The molecule has 0 spiro atoms. The van der Waals surface area contributed by atoms with Crippen LogP contribution in [0.4, 0.5) is 13.2 Å². The minimum absolute atomic E-state index is 0.349. The van der Waals surface area contributed by atoms with Gasteiger partial charge in [0.2, 0.25) is 12.1 Å². The fraction of sp³-hybridized carbons (Fsp3) is 0.409. The molecule has 0 aromatic heterocycles. The van der Waals surface area contributed by atoms with Crippen LogP contribution in [0.2, 0.25) is 0 Å². The molecule has 33 heavy (non-hydrogen) atoms. The minimum Gasteiger partial charge on any atom is -0.456 e. The highest BCUT2D eigenvalue weighted by Crippen LogP contribution is 2.31. The van der Waals surface area contributed by atoms with Gasteiger partial charge in [0.1, 0.15) is 24.4 Å². The Balaban J connectivity index is 2.34. The van der Waals surface area contributed by atoms with E-state index in [1.807, 2.05) is 0 Å². The molecule has 1 aliphatic heterocycles. The van der Waals surface area contributed by atoms with Crippen molar-refractivity contribution in [1.82, 2.24) is 5.32 Å². The average molecular weight is 473 g/mol. The Morgan fingerprint density at radius 1 is 1.24 bits per heavy atom. The Hall–Kier alpha value is -2.70. The van der Waals surface area contributed by atoms with Crippen molar-refractivity contribution >= 4 is 5.91 Å². The van der Waals surface area contributed by atoms with E-state index in [1.54, 1.807) is 32.1 Å². The van der Waals surface area contributed by atoms with Crippen molar-refractivity contribution in [2.24, 2.45) is 0 Å². The Morgan fingerprint density at radius 2 is 1.91 bits per heavy atom. The topological polar surface area (TPSA) is 128 Å². The third-order valence-electron chi connectivity index (χ3n) is 5.05. The lowest BCUT2D eigenvalue weighted by Gasteiger charge is -2.39. The fourth-order valence-electron chi connectivity index (χ4n) is 3.16. The van der Waals surface area contributed by atoms with Crippen molar-refractivity contribution in [2.45, 2.75) is 50.6 Å². The maximum absolute atomic E-state index is 15.0. The molecule has 1 heterocycles. The van der Waals surface area contributed by atoms with Gasteiger partial charge >= 0.3 is 0 Å². The van der Waals surface area contributed by atoms with Crippen molar-refractivity contribution in [2.75, 3.05) is 6.61 Å². The molecule has 0 aliphatic carbocycles. The molecule has 182 valence electrons. The van der Waals surface area contributed by atoms with Gasteiger partial charge in [0.05, 0.1) is 18.2 Å². The second-order valence-electron chi connectivity index (χ2n) is 7.26. The molecule has 6 atom stereocenters. The van der Waals surface area contributed by atoms with Crippen LogP contribution in [0.25, 0.3) is 0 Å². The smallest absolute Gasteiger partial charge is 0.254 e. The zero-order valence-corrected chi connectivity index (χ0v) is 17.9. The molecule has 1 amide bonds. The quantitative estimate of drug-likeness (QED) is 0.282. The van der Waals surface area contributed by atoms with Crippen LogP contribution in [0.5, 0.6) is 5.75 Å². The predicted octanol–water partition coefficient (Wildman–Crippen LogP) is 1.09. The molecule has 5 unspecified atom stereocenters. The van der Waals surface area contributed by atoms with E-state index in [4.69, 9.17) is 9.47 Å². The molecule has 5 N–H and O–H groups in total. The second kappa shape index (κ2) is 11.4. The van der Waals surface area contributed by atoms with Crippen LogP contribution in [0.15, 0.2) is 42.5 Å². The second-order valence-corrected chi connectivity index (χ2v) is 7.26. The molecule has 11 heteroatoms. The van der Waals surface area contributed by atoms with E-state index < -0.39 is 78.0 Å². The first kappa shape index (κ1) is 26.6. The SMILES string of the molecule is C=C/C=C\C(=C/C)[C@@H](C)NC(=O)c1cc(F)c(F)c(OC2OC(CO)C(O)C(O)C2O)c1F. The highest BCUT2D eigenvalue weighted by atomic mass is 19.2. The number of hydrogen-bond donors (Lipinski definition) is 5. The van der Waals surface area contributed by atoms with E-state index >= 15 is 4.39 Å². The first-order valence-corrected chi connectivity index (χ1v) is 9.98. The van der Waals surface area contributed by atoms with Gasteiger partial charge in [-0.25, -0.2) is 8.78 Å². The van der Waals surface area contributed by atoms with Gasteiger partial charge in [-0.3, -0.25) is 4.79 Å². The lowest BCUT2D eigenvalue weighted by Crippen LogP contribution is -2.60. The van der Waals surface area contributed by atoms with E-state index in [0.717, 1.165) is 0 Å². The maximum atomic E-state index is 15.0. The summed E-state index contributed by atoms with van der Waals surface area (Å²) in [5.74, 6) is -7.47. The fourth-order valence-corrected chi connectivity index (χ4v) is 3.16. The van der Waals surface area contributed by atoms with Gasteiger partial charge in [-0.2, -0.15) is 4.39 Å². The predicted molar refractivity (Wildman–Crippen MR) is 111 cm³/mol. The molecule has 1 aromatic carbocycles. The summed E-state index contributed by atoms with van der Waals surface area (Å²) < 4.78 is 53.4. The highest BCUT2D eigenvalue weighted by Gasteiger charge is 2.45. The molecule has 0 saturated carbocycles. The first-order chi connectivity index (χ1) is 15.6. The Labute approximate surface area is 188 Å². The molecule has 0 bridgehead atoms. The van der Waals surface area contributed by atoms with Gasteiger partial charge in [-0.15, -0.1) is 0 Å². The third kappa shape index (κ3) is 5.81. The summed E-state index contributed by atoms with van der Waals surface area (Å²) in [4.78, 5) is 12.6. The van der Waals surface area contributed by atoms with E-state index in [2.05, 4.69) is 11.9 Å². The molecule has 2 rings (SSSR count). The van der Waals surface area contributed by atoms with Gasteiger partial charge in [-0.1, -0.05) is 30.9 Å². The number of rotatable bonds is 8. The summed E-state index contributed by atoms with van der Waals surface area (Å²) in [5, 5.41) is 41.3. The normalized spacial score (nSPS) is 26.8. The lowest BCUT2D eigenvalue weighted by atomic mass is 9.99. The van der Waals surface area contributed by atoms with Crippen LogP contribution in [-0.2, 0) is 4.74 Å². The number of ether oxygens (including phenoxy) is 2. The minimum atomic E-state index is -2.00. The van der Waals surface area contributed by atoms with E-state index in [-0.39, 0.29) is 0 Å². The van der Waals surface area contributed by atoms with Gasteiger partial charge in [0.15, 0.2) is 17.4 Å². The molecule has 0 radical (unpaired) electrons. The molecule has 8 nitrogen and oxygen atoms in total. The number of halogens is 3. The summed E-state index contributed by atoms with van der Waals surface area (Å²) in [7, 11) is 0. The van der Waals surface area contributed by atoms with Crippen molar-refractivity contribution in [3.63, 3.8) is 0 Å². The molecule has 1 aliphatic rings. The van der Waals surface area contributed by atoms with Crippen LogP contribution >= 0.6 is 0 Å². The zero-order valence-electron chi connectivity index (χ0n) is 17.9. The van der Waals surface area contributed by atoms with Gasteiger partial charge < -0.3 is 35.2 Å². The molecular weight excluding hydrogens is 447 g/mol. The Bertz CT molecular complexity index is 935. The number of allylic oxidation sites excluding steroid dienone is 3. The molecule has 1 saturated heterocycles. The van der Waals surface area contributed by atoms with Gasteiger partial charge in [0.25, 0.3) is 5.91 Å². The summed E-state index contributed by atoms with van der Waals surface area (Å²) >= 11 is 0. The Morgan fingerprint density at radius 3 is 2.48 bits per heavy atom. The summed E-state index contributed by atoms with van der Waals surface area (Å²) in [6.45, 7) is 6.00. The van der Waals surface area contributed by atoms with Crippen molar-refractivity contribution in [3.05, 3.63) is 65.5 Å². The average Bonchev–Trinajstić information content (AvgIpc) is 2.79. The van der Waals surface area contributed by atoms with Crippen molar-refractivity contribution < 1.29 is 47.9 Å².